The molecule has 26 heavy (non-hydrogen) atoms. The van der Waals surface area contributed by atoms with Crippen LogP contribution >= 0.6 is 15.9 Å². The third-order valence-corrected chi connectivity index (χ3v) is 4.89. The molecule has 1 aliphatic rings. The van der Waals surface area contributed by atoms with Crippen molar-refractivity contribution < 1.29 is 14.7 Å². The molecular weight excluding hydrogens is 396 g/mol. The number of hydrazone groups is 1. The fourth-order valence-electron chi connectivity index (χ4n) is 2.93. The zero-order valence-electron chi connectivity index (χ0n) is 14.4. The molecule has 134 valence electrons. The van der Waals surface area contributed by atoms with E-state index in [1.165, 1.54) is 5.01 Å². The quantitative estimate of drug-likeness (QED) is 0.792. The number of rotatable bonds is 5. The lowest BCUT2D eigenvalue weighted by Crippen LogP contribution is -2.27. The Labute approximate surface area is 160 Å². The van der Waals surface area contributed by atoms with Gasteiger partial charge in [0.15, 0.2) is 0 Å². The van der Waals surface area contributed by atoms with E-state index in [1.807, 2.05) is 55.5 Å². The highest BCUT2D eigenvalue weighted by molar-refractivity contribution is 9.10. The van der Waals surface area contributed by atoms with E-state index in [0.717, 1.165) is 26.9 Å². The summed E-state index contributed by atoms with van der Waals surface area (Å²) < 4.78 is 0.961. The molecule has 1 heterocycles. The Morgan fingerprint density at radius 3 is 2.38 bits per heavy atom. The summed E-state index contributed by atoms with van der Waals surface area (Å²) >= 11 is 3.42. The van der Waals surface area contributed by atoms with Gasteiger partial charge in [-0.25, -0.2) is 5.01 Å². The first-order valence-corrected chi connectivity index (χ1v) is 9.17. The van der Waals surface area contributed by atoms with E-state index < -0.39 is 5.97 Å². The molecule has 0 radical (unpaired) electrons. The zero-order chi connectivity index (χ0) is 18.7. The lowest BCUT2D eigenvalue weighted by Gasteiger charge is -2.22. The fourth-order valence-corrected chi connectivity index (χ4v) is 3.20. The van der Waals surface area contributed by atoms with E-state index >= 15 is 0 Å². The Morgan fingerprint density at radius 2 is 1.77 bits per heavy atom. The number of aliphatic carboxylic acids is 1. The monoisotopic (exact) mass is 414 g/mol. The maximum atomic E-state index is 12.6. The average Bonchev–Trinajstić information content (AvgIpc) is 3.06. The molecule has 6 heteroatoms. The molecule has 1 amide bonds. The van der Waals surface area contributed by atoms with Gasteiger partial charge in [-0.3, -0.25) is 9.59 Å². The molecule has 5 nitrogen and oxygen atoms in total. The number of hydrogen-bond acceptors (Lipinski definition) is 3. The van der Waals surface area contributed by atoms with Crippen molar-refractivity contribution >= 4 is 33.5 Å². The smallest absolute Gasteiger partial charge is 0.303 e. The summed E-state index contributed by atoms with van der Waals surface area (Å²) in [4.78, 5) is 23.4. The molecule has 0 fully saturated rings. The van der Waals surface area contributed by atoms with E-state index in [4.69, 9.17) is 5.11 Å². The number of halogens is 1. The van der Waals surface area contributed by atoms with Crippen LogP contribution < -0.4 is 0 Å². The second-order valence-corrected chi connectivity index (χ2v) is 7.23. The molecule has 0 aliphatic carbocycles. The molecule has 2 aromatic carbocycles. The molecule has 0 bridgehead atoms. The van der Waals surface area contributed by atoms with Crippen molar-refractivity contribution in [3.05, 3.63) is 69.7 Å². The zero-order valence-corrected chi connectivity index (χ0v) is 15.9. The van der Waals surface area contributed by atoms with Gasteiger partial charge >= 0.3 is 5.97 Å². The van der Waals surface area contributed by atoms with Crippen LogP contribution in [0.15, 0.2) is 58.1 Å². The first-order valence-electron chi connectivity index (χ1n) is 8.38. The van der Waals surface area contributed by atoms with Gasteiger partial charge in [0, 0.05) is 17.3 Å². The predicted octanol–water partition coefficient (Wildman–Crippen LogP) is 4.30. The topological polar surface area (TPSA) is 70.0 Å². The van der Waals surface area contributed by atoms with Crippen molar-refractivity contribution in [3.63, 3.8) is 0 Å². The second-order valence-electron chi connectivity index (χ2n) is 6.32. The number of nitrogens with zero attached hydrogens (tertiary/aromatic N) is 2. The van der Waals surface area contributed by atoms with Crippen LogP contribution in [0.2, 0.25) is 0 Å². The molecule has 1 N–H and O–H groups in total. The van der Waals surface area contributed by atoms with Crippen LogP contribution in [0.4, 0.5) is 0 Å². The molecule has 0 aromatic heterocycles. The Morgan fingerprint density at radius 1 is 1.12 bits per heavy atom. The van der Waals surface area contributed by atoms with Crippen LogP contribution in [0.25, 0.3) is 0 Å². The Balaban J connectivity index is 1.89. The van der Waals surface area contributed by atoms with Gasteiger partial charge in [0.2, 0.25) is 5.91 Å². The van der Waals surface area contributed by atoms with Gasteiger partial charge in [-0.05, 0) is 30.2 Å². The summed E-state index contributed by atoms with van der Waals surface area (Å²) in [5.74, 6) is -1.26. The lowest BCUT2D eigenvalue weighted by atomic mass is 9.98. The van der Waals surface area contributed by atoms with Crippen LogP contribution in [0.5, 0.6) is 0 Å². The molecule has 0 saturated heterocycles. The molecule has 0 saturated carbocycles. The van der Waals surface area contributed by atoms with E-state index in [2.05, 4.69) is 21.0 Å². The molecule has 3 rings (SSSR count). The van der Waals surface area contributed by atoms with E-state index in [9.17, 15) is 9.59 Å². The van der Waals surface area contributed by atoms with E-state index in [1.54, 1.807) is 0 Å². The van der Waals surface area contributed by atoms with Gasteiger partial charge in [-0.15, -0.1) is 0 Å². The third-order valence-electron chi connectivity index (χ3n) is 4.36. The van der Waals surface area contributed by atoms with Gasteiger partial charge in [0.25, 0.3) is 0 Å². The van der Waals surface area contributed by atoms with Gasteiger partial charge in [-0.1, -0.05) is 57.9 Å². The summed E-state index contributed by atoms with van der Waals surface area (Å²) in [5.41, 5.74) is 3.95. The summed E-state index contributed by atoms with van der Waals surface area (Å²) in [7, 11) is 0. The first kappa shape index (κ1) is 18.3. The number of carbonyl (C=O) groups is 2. The number of benzene rings is 2. The first-order chi connectivity index (χ1) is 12.4. The minimum Gasteiger partial charge on any atom is -0.481 e. The molecule has 0 spiro atoms. The predicted molar refractivity (Wildman–Crippen MR) is 103 cm³/mol. The summed E-state index contributed by atoms with van der Waals surface area (Å²) in [6, 6.07) is 15.6. The largest absolute Gasteiger partial charge is 0.481 e. The van der Waals surface area contributed by atoms with Crippen LogP contribution in [0.1, 0.15) is 42.0 Å². The SMILES string of the molecule is Cc1ccc(C2=NN(C(=O)CCC(=O)O)C(c3ccc(Br)cc3)C2)cc1. The minimum absolute atomic E-state index is 0.0625. The highest BCUT2D eigenvalue weighted by Gasteiger charge is 2.33. The molecular formula is C20H19BrN2O3. The second kappa shape index (κ2) is 7.83. The van der Waals surface area contributed by atoms with Crippen LogP contribution in [-0.2, 0) is 9.59 Å². The van der Waals surface area contributed by atoms with Gasteiger partial charge < -0.3 is 5.11 Å². The number of carboxylic acids is 1. The average molecular weight is 415 g/mol. The standard InChI is InChI=1S/C20H19BrN2O3/c1-13-2-4-14(5-3-13)17-12-18(15-6-8-16(21)9-7-15)23(22-17)19(24)10-11-20(25)26/h2-9,18H,10-12H2,1H3,(H,25,26). The van der Waals surface area contributed by atoms with E-state index in [0.29, 0.717) is 6.42 Å². The number of hydrogen-bond donors (Lipinski definition) is 1. The number of aryl methyl sites for hydroxylation is 1. The summed E-state index contributed by atoms with van der Waals surface area (Å²) in [6.45, 7) is 2.02. The number of carboxylic acid groups (broad SMARTS) is 1. The van der Waals surface area contributed by atoms with Gasteiger partial charge in [0.05, 0.1) is 18.2 Å². The van der Waals surface area contributed by atoms with Crippen molar-refractivity contribution in [2.75, 3.05) is 0 Å². The third kappa shape index (κ3) is 4.19. The number of amides is 1. The normalized spacial score (nSPS) is 16.5. The minimum atomic E-state index is -0.986. The lowest BCUT2D eigenvalue weighted by molar-refractivity contribution is -0.141. The van der Waals surface area contributed by atoms with E-state index in [-0.39, 0.29) is 24.8 Å². The Bertz CT molecular complexity index is 844. The Hall–Kier alpha value is -2.47. The Kier molecular flexibility index (Phi) is 5.52. The molecule has 1 atom stereocenters. The molecule has 2 aromatic rings. The number of carbonyl (C=O) groups excluding carboxylic acids is 1. The van der Waals surface area contributed by atoms with Crippen molar-refractivity contribution in [3.8, 4) is 0 Å². The summed E-state index contributed by atoms with van der Waals surface area (Å²) in [6.07, 6.45) is 0.342. The van der Waals surface area contributed by atoms with Crippen LogP contribution in [0.3, 0.4) is 0 Å². The van der Waals surface area contributed by atoms with Crippen LogP contribution in [0, 0.1) is 6.92 Å². The van der Waals surface area contributed by atoms with Gasteiger partial charge in [-0.2, -0.15) is 5.10 Å². The van der Waals surface area contributed by atoms with Crippen LogP contribution in [-0.4, -0.2) is 27.7 Å². The molecule has 1 unspecified atom stereocenters. The highest BCUT2D eigenvalue weighted by Crippen LogP contribution is 2.34. The highest BCUT2D eigenvalue weighted by atomic mass is 79.9. The van der Waals surface area contributed by atoms with Crippen molar-refractivity contribution in [1.82, 2.24) is 5.01 Å². The van der Waals surface area contributed by atoms with Crippen molar-refractivity contribution in [2.24, 2.45) is 5.10 Å². The molecule has 1 aliphatic heterocycles. The summed E-state index contributed by atoms with van der Waals surface area (Å²) in [5, 5.41) is 14.9. The fraction of sp³-hybridized carbons (Fsp3) is 0.250. The maximum Gasteiger partial charge on any atom is 0.303 e. The maximum absolute atomic E-state index is 12.6. The van der Waals surface area contributed by atoms with Crippen molar-refractivity contribution in [1.29, 1.82) is 0 Å². The van der Waals surface area contributed by atoms with Gasteiger partial charge in [0.1, 0.15) is 0 Å². The van der Waals surface area contributed by atoms with Crippen molar-refractivity contribution in [2.45, 2.75) is 32.2 Å².